The Morgan fingerprint density at radius 2 is 2.00 bits per heavy atom. The zero-order valence-electron chi connectivity index (χ0n) is 11.6. The van der Waals surface area contributed by atoms with E-state index in [2.05, 4.69) is 10.1 Å². The summed E-state index contributed by atoms with van der Waals surface area (Å²) >= 11 is 0. The molecule has 114 valence electrons. The molecule has 0 aromatic heterocycles. The Labute approximate surface area is 116 Å². The van der Waals surface area contributed by atoms with Crippen molar-refractivity contribution in [1.82, 2.24) is 5.32 Å². The van der Waals surface area contributed by atoms with Gasteiger partial charge in [0.15, 0.2) is 11.6 Å². The number of benzene rings is 1. The van der Waals surface area contributed by atoms with Crippen molar-refractivity contribution in [3.63, 3.8) is 0 Å². The summed E-state index contributed by atoms with van der Waals surface area (Å²) < 4.78 is 41.4. The van der Waals surface area contributed by atoms with Crippen LogP contribution in [-0.4, -0.2) is 24.4 Å². The predicted molar refractivity (Wildman–Crippen MR) is 70.2 cm³/mol. The molecule has 3 nitrogen and oxygen atoms in total. The number of halogens is 3. The molecule has 1 unspecified atom stereocenters. The third kappa shape index (κ3) is 6.25. The lowest BCUT2D eigenvalue weighted by molar-refractivity contribution is -0.0522. The van der Waals surface area contributed by atoms with Crippen LogP contribution >= 0.6 is 0 Å². The lowest BCUT2D eigenvalue weighted by atomic mass is 10.1. The zero-order chi connectivity index (χ0) is 15.1. The molecule has 0 aliphatic rings. The lowest BCUT2D eigenvalue weighted by Crippen LogP contribution is -2.27. The predicted octanol–water partition coefficient (Wildman–Crippen LogP) is 2.92. The van der Waals surface area contributed by atoms with Gasteiger partial charge in [0.1, 0.15) is 0 Å². The summed E-state index contributed by atoms with van der Waals surface area (Å²) in [7, 11) is 0. The second-order valence-corrected chi connectivity index (χ2v) is 5.06. The van der Waals surface area contributed by atoms with Crippen molar-refractivity contribution in [3.05, 3.63) is 29.6 Å². The Morgan fingerprint density at radius 1 is 1.30 bits per heavy atom. The number of hydrogen-bond acceptors (Lipinski definition) is 3. The molecule has 0 saturated heterocycles. The Hall–Kier alpha value is -1.27. The highest BCUT2D eigenvalue weighted by Crippen LogP contribution is 2.20. The molecule has 2 N–H and O–H groups in total. The molecule has 20 heavy (non-hydrogen) atoms. The third-order valence-electron chi connectivity index (χ3n) is 2.66. The molecular weight excluding hydrogens is 271 g/mol. The first-order valence-corrected chi connectivity index (χ1v) is 6.50. The van der Waals surface area contributed by atoms with Crippen LogP contribution in [0.4, 0.5) is 13.2 Å². The molecule has 0 saturated carbocycles. The van der Waals surface area contributed by atoms with Crippen molar-refractivity contribution < 1.29 is 23.0 Å². The van der Waals surface area contributed by atoms with Crippen molar-refractivity contribution in [1.29, 1.82) is 0 Å². The molecule has 0 aliphatic heterocycles. The van der Waals surface area contributed by atoms with E-state index in [4.69, 9.17) is 0 Å². The van der Waals surface area contributed by atoms with Gasteiger partial charge in [-0.05, 0) is 30.0 Å². The topological polar surface area (TPSA) is 41.5 Å². The Morgan fingerprint density at radius 3 is 2.55 bits per heavy atom. The van der Waals surface area contributed by atoms with Crippen molar-refractivity contribution in [2.45, 2.75) is 39.5 Å². The number of hydrogen-bond donors (Lipinski definition) is 2. The van der Waals surface area contributed by atoms with Crippen LogP contribution in [0.25, 0.3) is 0 Å². The van der Waals surface area contributed by atoms with Gasteiger partial charge in [-0.1, -0.05) is 19.9 Å². The summed E-state index contributed by atoms with van der Waals surface area (Å²) in [6, 6.07) is 3.81. The molecular formula is C14H20F3NO2. The van der Waals surface area contributed by atoms with Crippen LogP contribution < -0.4 is 10.1 Å². The first kappa shape index (κ1) is 16.8. The van der Waals surface area contributed by atoms with Crippen LogP contribution in [0, 0.1) is 11.7 Å². The van der Waals surface area contributed by atoms with Gasteiger partial charge in [-0.2, -0.15) is 8.78 Å². The van der Waals surface area contributed by atoms with Crippen LogP contribution in [0.3, 0.4) is 0 Å². The molecule has 0 radical (unpaired) electrons. The Kier molecular flexibility index (Phi) is 6.81. The largest absolute Gasteiger partial charge is 0.432 e. The van der Waals surface area contributed by atoms with Gasteiger partial charge in [-0.25, -0.2) is 4.39 Å². The molecule has 1 aromatic carbocycles. The van der Waals surface area contributed by atoms with E-state index in [9.17, 15) is 18.3 Å². The van der Waals surface area contributed by atoms with Crippen molar-refractivity contribution >= 4 is 0 Å². The maximum Gasteiger partial charge on any atom is 0.387 e. The second kappa shape index (κ2) is 8.11. The second-order valence-electron chi connectivity index (χ2n) is 5.06. The molecule has 0 fully saturated rings. The molecule has 0 heterocycles. The van der Waals surface area contributed by atoms with E-state index < -0.39 is 24.3 Å². The number of nitrogens with one attached hydrogen (secondary N) is 1. The fourth-order valence-corrected chi connectivity index (χ4v) is 1.86. The fraction of sp³-hybridized carbons (Fsp3) is 0.571. The zero-order valence-corrected chi connectivity index (χ0v) is 11.6. The molecule has 0 spiro atoms. The van der Waals surface area contributed by atoms with Gasteiger partial charge in [0.25, 0.3) is 0 Å². The summed E-state index contributed by atoms with van der Waals surface area (Å²) in [5, 5.41) is 12.6. The quantitative estimate of drug-likeness (QED) is 0.774. The van der Waals surface area contributed by atoms with E-state index in [-0.39, 0.29) is 0 Å². The van der Waals surface area contributed by atoms with E-state index in [1.54, 1.807) is 0 Å². The number of alkyl halides is 2. The maximum atomic E-state index is 13.4. The smallest absolute Gasteiger partial charge is 0.387 e. The van der Waals surface area contributed by atoms with Gasteiger partial charge in [0, 0.05) is 13.1 Å². The normalized spacial score (nSPS) is 13.0. The molecule has 0 bridgehead atoms. The van der Waals surface area contributed by atoms with E-state index >= 15 is 0 Å². The van der Waals surface area contributed by atoms with Gasteiger partial charge < -0.3 is 15.2 Å². The van der Waals surface area contributed by atoms with Crippen LogP contribution in [0.5, 0.6) is 5.75 Å². The van der Waals surface area contributed by atoms with E-state index in [0.29, 0.717) is 31.0 Å². The summed E-state index contributed by atoms with van der Waals surface area (Å²) in [5.74, 6) is -0.897. The minimum atomic E-state index is -3.04. The van der Waals surface area contributed by atoms with Crippen LogP contribution in [0.2, 0.25) is 0 Å². The average molecular weight is 291 g/mol. The maximum absolute atomic E-state index is 13.4. The van der Waals surface area contributed by atoms with Crippen molar-refractivity contribution in [2.24, 2.45) is 5.92 Å². The Balaban J connectivity index is 2.43. The molecule has 1 aromatic rings. The highest BCUT2D eigenvalue weighted by molar-refractivity contribution is 5.29. The van der Waals surface area contributed by atoms with Gasteiger partial charge in [-0.15, -0.1) is 0 Å². The molecule has 1 rings (SSSR count). The number of aliphatic hydroxyl groups is 1. The van der Waals surface area contributed by atoms with Crippen LogP contribution in [0.1, 0.15) is 25.8 Å². The SMILES string of the molecule is CC(C)CC(O)CNCc1ccc(OC(F)F)c(F)c1. The number of ether oxygens (including phenoxy) is 1. The van der Waals surface area contributed by atoms with E-state index in [1.807, 2.05) is 13.8 Å². The molecule has 6 heteroatoms. The summed E-state index contributed by atoms with van der Waals surface area (Å²) in [6.45, 7) is 1.73. The number of aliphatic hydroxyl groups excluding tert-OH is 1. The lowest BCUT2D eigenvalue weighted by Gasteiger charge is -2.14. The first-order chi connectivity index (χ1) is 9.38. The summed E-state index contributed by atoms with van der Waals surface area (Å²) in [5.41, 5.74) is 0.598. The van der Waals surface area contributed by atoms with Crippen molar-refractivity contribution in [2.75, 3.05) is 6.54 Å². The summed E-state index contributed by atoms with van der Waals surface area (Å²) in [6.07, 6.45) is 0.226. The first-order valence-electron chi connectivity index (χ1n) is 6.50. The van der Waals surface area contributed by atoms with Gasteiger partial charge in [-0.3, -0.25) is 0 Å². The van der Waals surface area contributed by atoms with Gasteiger partial charge in [0.2, 0.25) is 0 Å². The molecule has 0 amide bonds. The molecule has 1 atom stereocenters. The summed E-state index contributed by atoms with van der Waals surface area (Å²) in [4.78, 5) is 0. The molecule has 0 aliphatic carbocycles. The van der Waals surface area contributed by atoms with Crippen LogP contribution in [0.15, 0.2) is 18.2 Å². The number of rotatable bonds is 8. The Bertz CT molecular complexity index is 413. The van der Waals surface area contributed by atoms with Crippen LogP contribution in [-0.2, 0) is 6.54 Å². The third-order valence-corrected chi connectivity index (χ3v) is 2.66. The van der Waals surface area contributed by atoms with Gasteiger partial charge >= 0.3 is 6.61 Å². The monoisotopic (exact) mass is 291 g/mol. The van der Waals surface area contributed by atoms with Gasteiger partial charge in [0.05, 0.1) is 6.10 Å². The van der Waals surface area contributed by atoms with Crippen molar-refractivity contribution in [3.8, 4) is 5.75 Å². The van der Waals surface area contributed by atoms with E-state index in [1.165, 1.54) is 12.1 Å². The highest BCUT2D eigenvalue weighted by Gasteiger charge is 2.11. The standard InChI is InChI=1S/C14H20F3NO2/c1-9(2)5-11(19)8-18-7-10-3-4-13(12(15)6-10)20-14(16)17/h3-4,6,9,11,14,18-19H,5,7-8H2,1-2H3. The van der Waals surface area contributed by atoms with E-state index in [0.717, 1.165) is 6.07 Å². The minimum Gasteiger partial charge on any atom is -0.432 e. The highest BCUT2D eigenvalue weighted by atomic mass is 19.3. The fourth-order valence-electron chi connectivity index (χ4n) is 1.86. The minimum absolute atomic E-state index is 0.348. The average Bonchev–Trinajstić information content (AvgIpc) is 2.31.